The number of aliphatic hydroxyl groups is 8. The average Bonchev–Trinajstić information content (AvgIpc) is 3.83. The fraction of sp³-hybridized carbons (Fsp3) is 0.408. The molecule has 380 valence electrons. The van der Waals surface area contributed by atoms with Crippen LogP contribution in [0.3, 0.4) is 0 Å². The van der Waals surface area contributed by atoms with Crippen LogP contribution in [0.1, 0.15) is 42.5 Å². The maximum Gasteiger partial charge on any atom is 0.354 e. The number of carbonyl (C=O) groups excluding carboxylic acids is 1. The predicted molar refractivity (Wildman–Crippen MR) is 242 cm³/mol. The number of nitrogens with one attached hydrogen (secondary N) is 3. The van der Waals surface area contributed by atoms with Gasteiger partial charge < -0.3 is 94.9 Å². The number of esters is 1. The van der Waals surface area contributed by atoms with Crippen LogP contribution in [-0.2, 0) is 36.6 Å². The van der Waals surface area contributed by atoms with E-state index in [4.69, 9.17) is 23.4 Å². The van der Waals surface area contributed by atoms with Crippen molar-refractivity contribution in [2.75, 3.05) is 13.2 Å². The molecule has 15 N–H and O–H groups in total. The topological polar surface area (TPSA) is 384 Å². The smallest absolute Gasteiger partial charge is 0.354 e. The molecule has 23 nitrogen and oxygen atoms in total. The minimum atomic E-state index is -3.86. The van der Waals surface area contributed by atoms with E-state index in [0.717, 1.165) is 30.2 Å². The number of fused-ring (bicyclic) bond motifs is 5. The number of piperidine rings is 1. The number of hydrogen-bond acceptors (Lipinski definition) is 21. The van der Waals surface area contributed by atoms with E-state index in [9.17, 15) is 75.7 Å². The Kier molecular flexibility index (Phi) is 11.8. The Bertz CT molecular complexity index is 3120. The lowest BCUT2D eigenvalue weighted by molar-refractivity contribution is -0.394. The molecular formula is C49H49N3O20. The third kappa shape index (κ3) is 7.29. The SMILES string of the molecule is CC1CCNC2NC=C(C3C=C(Cc4ccc[nH]4)C4(Oc5cc6oc(-c7cc(O)c(O)c(CCO)c7)cc(=O)c6c(O)c53)OC3(CC#CC5(C(=O)O)OC(OC3=O)C(O)C(O)C5(O)O)C(O)C(O)C4O)C=C12. The van der Waals surface area contributed by atoms with Gasteiger partial charge in [0.05, 0.1) is 12.6 Å². The van der Waals surface area contributed by atoms with Gasteiger partial charge in [0.25, 0.3) is 11.4 Å². The first kappa shape index (κ1) is 48.8. The highest BCUT2D eigenvalue weighted by Gasteiger charge is 2.72. The number of ether oxygens (including phenoxy) is 4. The Morgan fingerprint density at radius 1 is 0.972 bits per heavy atom. The molecule has 2 aromatic heterocycles. The number of dihydropyridines is 1. The molecule has 3 fully saturated rings. The van der Waals surface area contributed by atoms with Gasteiger partial charge in [-0.3, -0.25) is 10.1 Å². The number of aliphatic carboxylic acids is 1. The number of aromatic hydroxyl groups is 3. The number of carboxylic acids is 1. The molecule has 0 amide bonds. The average molecular weight is 1000 g/mol. The molecule has 12 atom stereocenters. The highest BCUT2D eigenvalue weighted by Crippen LogP contribution is 2.54. The molecule has 6 aliphatic rings. The number of aliphatic hydroxyl groups excluding tert-OH is 6. The van der Waals surface area contributed by atoms with E-state index in [2.05, 4.69) is 21.5 Å². The molecule has 3 saturated heterocycles. The minimum Gasteiger partial charge on any atom is -0.507 e. The molecule has 0 saturated carbocycles. The van der Waals surface area contributed by atoms with Crippen LogP contribution in [0.4, 0.5) is 0 Å². The van der Waals surface area contributed by atoms with Gasteiger partial charge in [0.15, 0.2) is 23.0 Å². The van der Waals surface area contributed by atoms with Crippen molar-refractivity contribution >= 4 is 22.9 Å². The number of phenolic OH excluding ortho intramolecular Hbond substituents is 3. The summed E-state index contributed by atoms with van der Waals surface area (Å²) in [5.74, 6) is -10.1. The van der Waals surface area contributed by atoms with Gasteiger partial charge in [0, 0.05) is 71.4 Å². The van der Waals surface area contributed by atoms with Crippen molar-refractivity contribution in [1.82, 2.24) is 15.6 Å². The first-order valence-corrected chi connectivity index (χ1v) is 22.8. The Labute approximate surface area is 406 Å². The van der Waals surface area contributed by atoms with E-state index in [-0.39, 0.29) is 63.9 Å². The minimum absolute atomic E-state index is 0.0382. The number of aromatic amines is 1. The van der Waals surface area contributed by atoms with Gasteiger partial charge in [0.1, 0.15) is 52.6 Å². The van der Waals surface area contributed by atoms with Crippen molar-refractivity contribution in [3.05, 3.63) is 105 Å². The van der Waals surface area contributed by atoms with Gasteiger partial charge >= 0.3 is 11.9 Å². The number of carbonyl (C=O) groups is 2. The fourth-order valence-electron chi connectivity index (χ4n) is 10.4. The lowest BCUT2D eigenvalue weighted by Gasteiger charge is -2.53. The first-order chi connectivity index (χ1) is 34.2. The van der Waals surface area contributed by atoms with Crippen LogP contribution < -0.4 is 20.8 Å². The molecule has 4 aromatic rings. The third-order valence-electron chi connectivity index (χ3n) is 14.4. The maximum atomic E-state index is 14.8. The highest BCUT2D eigenvalue weighted by atomic mass is 16.8. The summed E-state index contributed by atoms with van der Waals surface area (Å²) in [7, 11) is 0. The molecule has 0 radical (unpaired) electrons. The standard InChI is InChI=1S/C49H49N3O20/c1-20-5-10-51-42-26(20)13-23(19-52-42)27-16-24(15-25-4-2-9-50-25)48(70-32-18-31-34(36(57)33(27)32)28(54)17-30(68-31)22-12-21(6-11-53)35(56)29(55)14-22)40(61)37(58)39(60)46(72-48)7-3-8-47(44(63)64)49(66,67)41(62)38(59)43(71-47)69-45(46)65/h2,4,9,12-14,16-20,27,37-43,50-53,55-62,66-67H,5-7,10-11,15H2,1H3,(H,63,64). The summed E-state index contributed by atoms with van der Waals surface area (Å²) >= 11 is 0. The number of allylic oxidation sites excluding steroid dienone is 3. The van der Waals surface area contributed by atoms with Crippen LogP contribution in [0.2, 0.25) is 0 Å². The van der Waals surface area contributed by atoms with E-state index in [0.29, 0.717) is 17.8 Å². The van der Waals surface area contributed by atoms with E-state index >= 15 is 0 Å². The van der Waals surface area contributed by atoms with Gasteiger partial charge in [0.2, 0.25) is 17.7 Å². The van der Waals surface area contributed by atoms with Crippen molar-refractivity contribution in [3.8, 4) is 46.2 Å². The molecule has 23 heteroatoms. The van der Waals surface area contributed by atoms with Crippen molar-refractivity contribution in [2.24, 2.45) is 5.92 Å². The Balaban J connectivity index is 1.23. The van der Waals surface area contributed by atoms with Gasteiger partial charge in [-0.25, -0.2) is 9.59 Å². The molecular weight excluding hydrogens is 951 g/mol. The zero-order chi connectivity index (χ0) is 51.4. The predicted octanol–water partition coefficient (Wildman–Crippen LogP) is -1.47. The number of rotatable bonds is 7. The zero-order valence-electron chi connectivity index (χ0n) is 37.8. The van der Waals surface area contributed by atoms with Gasteiger partial charge in [-0.2, -0.15) is 0 Å². The number of phenols is 3. The summed E-state index contributed by atoms with van der Waals surface area (Å²) < 4.78 is 30.4. The van der Waals surface area contributed by atoms with E-state index in [1.54, 1.807) is 24.5 Å². The molecule has 2 bridgehead atoms. The number of benzene rings is 2. The van der Waals surface area contributed by atoms with Crippen LogP contribution in [0.15, 0.2) is 86.9 Å². The molecule has 0 aliphatic carbocycles. The Hall–Kier alpha value is -6.79. The third-order valence-corrected chi connectivity index (χ3v) is 14.4. The fourth-order valence-corrected chi connectivity index (χ4v) is 10.4. The number of H-pyrrole nitrogens is 1. The molecule has 12 unspecified atom stereocenters. The van der Waals surface area contributed by atoms with Crippen LogP contribution in [0.5, 0.6) is 23.0 Å². The molecule has 72 heavy (non-hydrogen) atoms. The molecule has 2 aromatic carbocycles. The molecule has 8 heterocycles. The summed E-state index contributed by atoms with van der Waals surface area (Å²) in [4.78, 5) is 44.9. The van der Waals surface area contributed by atoms with E-state index in [1.165, 1.54) is 12.1 Å². The molecule has 6 aliphatic heterocycles. The summed E-state index contributed by atoms with van der Waals surface area (Å²) in [6, 6.07) is 7.93. The lowest BCUT2D eigenvalue weighted by Crippen LogP contribution is -2.76. The van der Waals surface area contributed by atoms with Crippen molar-refractivity contribution < 1.29 is 94.2 Å². The highest BCUT2D eigenvalue weighted by molar-refractivity contribution is 5.90. The van der Waals surface area contributed by atoms with Crippen molar-refractivity contribution in [1.29, 1.82) is 0 Å². The van der Waals surface area contributed by atoms with Crippen molar-refractivity contribution in [2.45, 2.75) is 104 Å². The second kappa shape index (κ2) is 17.5. The monoisotopic (exact) mass is 999 g/mol. The molecule has 2 spiro atoms. The summed E-state index contributed by atoms with van der Waals surface area (Å²) in [5.41, 5.74) is -6.12. The summed E-state index contributed by atoms with van der Waals surface area (Å²) in [6.45, 7) is 2.30. The Morgan fingerprint density at radius 2 is 1.75 bits per heavy atom. The second-order valence-corrected chi connectivity index (χ2v) is 18.7. The van der Waals surface area contributed by atoms with Gasteiger partial charge in [-0.1, -0.05) is 25.0 Å². The largest absolute Gasteiger partial charge is 0.507 e. The van der Waals surface area contributed by atoms with Crippen LogP contribution in [-0.4, -0.2) is 157 Å². The first-order valence-electron chi connectivity index (χ1n) is 22.8. The lowest BCUT2D eigenvalue weighted by atomic mass is 9.77. The second-order valence-electron chi connectivity index (χ2n) is 18.7. The number of hydrogen-bond donors (Lipinski definition) is 15. The van der Waals surface area contributed by atoms with Crippen LogP contribution in [0.25, 0.3) is 22.3 Å². The maximum absolute atomic E-state index is 14.8. The zero-order valence-corrected chi connectivity index (χ0v) is 37.8. The quantitative estimate of drug-likeness (QED) is 0.0330. The molecule has 10 rings (SSSR count). The van der Waals surface area contributed by atoms with Crippen LogP contribution >= 0.6 is 0 Å². The summed E-state index contributed by atoms with van der Waals surface area (Å²) in [5, 5.41) is 140. The van der Waals surface area contributed by atoms with Crippen molar-refractivity contribution in [3.63, 3.8) is 0 Å². The van der Waals surface area contributed by atoms with Gasteiger partial charge in [-0.15, -0.1) is 0 Å². The Morgan fingerprint density at radius 3 is 2.47 bits per heavy atom. The van der Waals surface area contributed by atoms with E-state index < -0.39 is 119 Å². The van der Waals surface area contributed by atoms with Crippen LogP contribution in [0, 0.1) is 17.8 Å². The number of aromatic nitrogens is 1. The van der Waals surface area contributed by atoms with E-state index in [1.807, 2.05) is 18.9 Å². The normalized spacial score (nSPS) is 33.7. The number of carboxylic acid groups (broad SMARTS) is 1. The van der Waals surface area contributed by atoms with Gasteiger partial charge in [-0.05, 0) is 66.6 Å². The summed E-state index contributed by atoms with van der Waals surface area (Å²) in [6.07, 6.45) is -9.94.